The first-order valence-electron chi connectivity index (χ1n) is 6.34. The van der Waals surface area contributed by atoms with Crippen LogP contribution >= 0.6 is 0 Å². The van der Waals surface area contributed by atoms with Gasteiger partial charge in [0, 0.05) is 17.8 Å². The molecule has 100 valence electrons. The summed E-state index contributed by atoms with van der Waals surface area (Å²) in [7, 11) is 0. The van der Waals surface area contributed by atoms with Crippen LogP contribution in [0, 0.1) is 0 Å². The number of hydrogen-bond donors (Lipinski definition) is 1. The van der Waals surface area contributed by atoms with E-state index in [9.17, 15) is 14.7 Å². The monoisotopic (exact) mass is 261 g/mol. The Labute approximate surface area is 110 Å². The maximum atomic E-state index is 12.4. The number of carbonyl (C=O) groups is 1. The Morgan fingerprint density at radius 1 is 1.53 bits per heavy atom. The van der Waals surface area contributed by atoms with Gasteiger partial charge in [0.1, 0.15) is 6.61 Å². The molecule has 0 saturated carbocycles. The fraction of sp³-hybridized carbons (Fsp3) is 0.429. The number of allylic oxidation sites excluding steroid dienone is 1. The third-order valence-corrected chi connectivity index (χ3v) is 4.04. The summed E-state index contributed by atoms with van der Waals surface area (Å²) >= 11 is 0. The Morgan fingerprint density at radius 2 is 2.26 bits per heavy atom. The zero-order valence-corrected chi connectivity index (χ0v) is 10.7. The zero-order chi connectivity index (χ0) is 13.8. The van der Waals surface area contributed by atoms with E-state index in [1.54, 1.807) is 17.6 Å². The van der Waals surface area contributed by atoms with Crippen molar-refractivity contribution in [2.24, 2.45) is 0 Å². The summed E-state index contributed by atoms with van der Waals surface area (Å²) in [6.45, 7) is 6.14. The second kappa shape index (κ2) is 3.81. The van der Waals surface area contributed by atoms with E-state index < -0.39 is 11.6 Å². The Hall–Kier alpha value is -1.88. The van der Waals surface area contributed by atoms with Crippen molar-refractivity contribution in [3.8, 4) is 0 Å². The third kappa shape index (κ3) is 1.45. The van der Waals surface area contributed by atoms with Gasteiger partial charge in [-0.1, -0.05) is 13.5 Å². The topological polar surface area (TPSA) is 68.5 Å². The standard InChI is InChI=1S/C14H15NO4/c1-3-14(18)10-6-11-8(2)4-5-15(11)12(16)9(10)7-19-13(14)17/h6,18H,2-5,7H2,1H3. The van der Waals surface area contributed by atoms with E-state index >= 15 is 0 Å². The fourth-order valence-electron chi connectivity index (χ4n) is 2.79. The van der Waals surface area contributed by atoms with Crippen molar-refractivity contribution in [1.29, 1.82) is 0 Å². The van der Waals surface area contributed by atoms with Crippen molar-refractivity contribution >= 4 is 11.5 Å². The van der Waals surface area contributed by atoms with E-state index in [1.807, 2.05) is 0 Å². The number of aliphatic hydroxyl groups is 1. The van der Waals surface area contributed by atoms with E-state index in [1.165, 1.54) is 0 Å². The molecule has 0 saturated heterocycles. The highest BCUT2D eigenvalue weighted by atomic mass is 16.6. The smallest absolute Gasteiger partial charge is 0.343 e. The highest BCUT2D eigenvalue weighted by Gasteiger charge is 2.44. The highest BCUT2D eigenvalue weighted by molar-refractivity contribution is 5.83. The van der Waals surface area contributed by atoms with Crippen LogP contribution in [0.15, 0.2) is 17.4 Å². The van der Waals surface area contributed by atoms with E-state index in [2.05, 4.69) is 6.58 Å². The van der Waals surface area contributed by atoms with E-state index in [-0.39, 0.29) is 18.6 Å². The first-order valence-corrected chi connectivity index (χ1v) is 6.34. The van der Waals surface area contributed by atoms with Crippen LogP contribution in [0.5, 0.6) is 0 Å². The average molecular weight is 261 g/mol. The van der Waals surface area contributed by atoms with Gasteiger partial charge in [-0.3, -0.25) is 4.79 Å². The molecule has 0 amide bonds. The van der Waals surface area contributed by atoms with Gasteiger partial charge < -0.3 is 14.4 Å². The molecule has 0 aromatic carbocycles. The average Bonchev–Trinajstić information content (AvgIpc) is 2.77. The third-order valence-electron chi connectivity index (χ3n) is 4.04. The molecule has 2 aliphatic rings. The van der Waals surface area contributed by atoms with Gasteiger partial charge in [0.2, 0.25) is 0 Å². The number of hydrogen-bond acceptors (Lipinski definition) is 4. The van der Waals surface area contributed by atoms with Crippen molar-refractivity contribution in [3.05, 3.63) is 39.8 Å². The first-order chi connectivity index (χ1) is 8.99. The van der Waals surface area contributed by atoms with Crippen LogP contribution in [0.4, 0.5) is 0 Å². The van der Waals surface area contributed by atoms with E-state index in [0.717, 1.165) is 12.0 Å². The number of nitrogens with zero attached hydrogens (tertiary/aromatic N) is 1. The summed E-state index contributed by atoms with van der Waals surface area (Å²) in [4.78, 5) is 24.2. The number of esters is 1. The van der Waals surface area contributed by atoms with Gasteiger partial charge in [0.15, 0.2) is 5.60 Å². The maximum Gasteiger partial charge on any atom is 0.343 e. The molecule has 0 fully saturated rings. The normalized spacial score (nSPS) is 24.9. The van der Waals surface area contributed by atoms with Crippen molar-refractivity contribution in [3.63, 3.8) is 0 Å². The van der Waals surface area contributed by atoms with Crippen LogP contribution in [0.2, 0.25) is 0 Å². The van der Waals surface area contributed by atoms with E-state index in [4.69, 9.17) is 4.74 Å². The Morgan fingerprint density at radius 3 is 2.95 bits per heavy atom. The van der Waals surface area contributed by atoms with Crippen LogP contribution in [-0.4, -0.2) is 15.6 Å². The zero-order valence-electron chi connectivity index (χ0n) is 10.7. The Bertz CT molecular complexity index is 658. The molecule has 2 aliphatic heterocycles. The summed E-state index contributed by atoms with van der Waals surface area (Å²) in [5.74, 6) is -0.685. The first kappa shape index (κ1) is 12.2. The van der Waals surface area contributed by atoms with Crippen molar-refractivity contribution in [2.75, 3.05) is 0 Å². The molecular weight excluding hydrogens is 246 g/mol. The number of cyclic esters (lactones) is 1. The molecule has 3 rings (SSSR count). The Kier molecular flexibility index (Phi) is 2.44. The summed E-state index contributed by atoms with van der Waals surface area (Å²) < 4.78 is 6.59. The molecule has 0 radical (unpaired) electrons. The molecule has 0 aliphatic carbocycles. The fourth-order valence-corrected chi connectivity index (χ4v) is 2.79. The lowest BCUT2D eigenvalue weighted by molar-refractivity contribution is -0.172. The molecule has 1 unspecified atom stereocenters. The Balaban J connectivity index is 2.33. The minimum absolute atomic E-state index is 0.0674. The lowest BCUT2D eigenvalue weighted by Crippen LogP contribution is -2.44. The maximum absolute atomic E-state index is 12.4. The minimum atomic E-state index is -1.72. The molecule has 1 N–H and O–H groups in total. The molecule has 5 nitrogen and oxygen atoms in total. The van der Waals surface area contributed by atoms with Gasteiger partial charge in [-0.2, -0.15) is 0 Å². The summed E-state index contributed by atoms with van der Waals surface area (Å²) in [5, 5.41) is 10.5. The van der Waals surface area contributed by atoms with Crippen molar-refractivity contribution in [1.82, 2.24) is 4.57 Å². The molecule has 0 bridgehead atoms. The van der Waals surface area contributed by atoms with Gasteiger partial charge in [-0.25, -0.2) is 4.79 Å². The predicted molar refractivity (Wildman–Crippen MR) is 68.3 cm³/mol. The molecule has 5 heteroatoms. The van der Waals surface area contributed by atoms with Crippen molar-refractivity contribution in [2.45, 2.75) is 38.5 Å². The number of carbonyl (C=O) groups excluding carboxylic acids is 1. The van der Waals surface area contributed by atoms with Crippen LogP contribution in [0.3, 0.4) is 0 Å². The van der Waals surface area contributed by atoms with Crippen molar-refractivity contribution < 1.29 is 14.6 Å². The number of rotatable bonds is 1. The van der Waals surface area contributed by atoms with Gasteiger partial charge in [0.25, 0.3) is 5.56 Å². The predicted octanol–water partition coefficient (Wildman–Crippen LogP) is 0.920. The van der Waals surface area contributed by atoms with Gasteiger partial charge in [-0.15, -0.1) is 0 Å². The number of aromatic nitrogens is 1. The molecule has 1 atom stereocenters. The van der Waals surface area contributed by atoms with Gasteiger partial charge in [-0.05, 0) is 24.5 Å². The second-order valence-corrected chi connectivity index (χ2v) is 5.02. The summed E-state index contributed by atoms with van der Waals surface area (Å²) in [6, 6.07) is 1.72. The van der Waals surface area contributed by atoms with E-state index in [0.29, 0.717) is 23.4 Å². The number of ether oxygens (including phenoxy) is 1. The lowest BCUT2D eigenvalue weighted by Gasteiger charge is -2.31. The highest BCUT2D eigenvalue weighted by Crippen LogP contribution is 2.35. The minimum Gasteiger partial charge on any atom is -0.458 e. The number of fused-ring (bicyclic) bond motifs is 2. The van der Waals surface area contributed by atoms with Crippen LogP contribution in [0.1, 0.15) is 36.6 Å². The summed E-state index contributed by atoms with van der Waals surface area (Å²) in [5.41, 5.74) is 0.423. The molecule has 1 aromatic rings. The molecule has 0 spiro atoms. The summed E-state index contributed by atoms with van der Waals surface area (Å²) in [6.07, 6.45) is 0.895. The number of pyridine rings is 1. The van der Waals surface area contributed by atoms with Gasteiger partial charge in [0.05, 0.1) is 5.56 Å². The van der Waals surface area contributed by atoms with Gasteiger partial charge >= 0.3 is 5.97 Å². The largest absolute Gasteiger partial charge is 0.458 e. The van der Waals surface area contributed by atoms with Crippen LogP contribution in [0.25, 0.3) is 5.57 Å². The molecule has 1 aromatic heterocycles. The van der Waals surface area contributed by atoms with Crippen LogP contribution in [-0.2, 0) is 28.3 Å². The quantitative estimate of drug-likeness (QED) is 0.763. The molecule has 3 heterocycles. The SMILES string of the molecule is C=C1CCn2c1cc1c(c2=O)COC(=O)C1(O)CC. The second-order valence-electron chi connectivity index (χ2n) is 5.02. The van der Waals surface area contributed by atoms with Crippen LogP contribution < -0.4 is 5.56 Å². The lowest BCUT2D eigenvalue weighted by atomic mass is 9.86. The molecular formula is C14H15NO4. The molecule has 19 heavy (non-hydrogen) atoms.